The zero-order chi connectivity index (χ0) is 42.7. The van der Waals surface area contributed by atoms with Gasteiger partial charge in [0.2, 0.25) is 0 Å². The number of hydrogen-bond acceptors (Lipinski definition) is 3. The Balaban J connectivity index is 1.21. The lowest BCUT2D eigenvalue weighted by Crippen LogP contribution is -2.12. The first-order valence-electron chi connectivity index (χ1n) is 21.6. The molecular weight excluding hydrogens is 777 g/mol. The maximum atomic E-state index is 5.01. The first-order chi connectivity index (χ1) is 31.8. The Morgan fingerprint density at radius 1 is 0.344 bits per heavy atom. The number of para-hydroxylation sites is 1. The van der Waals surface area contributed by atoms with Gasteiger partial charge in [-0.1, -0.05) is 182 Å². The number of rotatable bonds is 10. The van der Waals surface area contributed by atoms with Crippen LogP contribution in [0, 0.1) is 0 Å². The molecule has 64 heavy (non-hydrogen) atoms. The molecule has 0 bridgehead atoms. The maximum absolute atomic E-state index is 5.01. The molecule has 11 aromatic rings. The smallest absolute Gasteiger partial charge is 0.137 e. The van der Waals surface area contributed by atoms with Crippen LogP contribution in [-0.2, 0) is 0 Å². The Morgan fingerprint density at radius 2 is 0.922 bits per heavy atom. The maximum Gasteiger partial charge on any atom is 0.137 e. The molecule has 302 valence electrons. The molecule has 0 aliphatic heterocycles. The molecule has 0 saturated heterocycles. The molecular formula is C60H42N4. The normalized spacial score (nSPS) is 11.1. The molecule has 3 heterocycles. The predicted molar refractivity (Wildman–Crippen MR) is 266 cm³/mol. The van der Waals surface area contributed by atoms with Crippen LogP contribution in [0.5, 0.6) is 0 Å². The van der Waals surface area contributed by atoms with E-state index in [0.29, 0.717) is 0 Å². The summed E-state index contributed by atoms with van der Waals surface area (Å²) in [5.41, 5.74) is 17.3. The molecule has 0 saturated carbocycles. The van der Waals surface area contributed by atoms with Gasteiger partial charge in [0.25, 0.3) is 0 Å². The molecule has 0 aliphatic rings. The second-order valence-corrected chi connectivity index (χ2v) is 15.8. The molecule has 0 spiro atoms. The van der Waals surface area contributed by atoms with Crippen molar-refractivity contribution in [3.8, 4) is 72.8 Å². The van der Waals surface area contributed by atoms with E-state index in [1.54, 1.807) is 0 Å². The third-order valence-electron chi connectivity index (χ3n) is 11.9. The van der Waals surface area contributed by atoms with E-state index in [9.17, 15) is 0 Å². The fourth-order valence-electron chi connectivity index (χ4n) is 8.95. The van der Waals surface area contributed by atoms with E-state index in [2.05, 4.69) is 246 Å². The topological polar surface area (TPSA) is 34.0 Å². The van der Waals surface area contributed by atoms with E-state index in [-0.39, 0.29) is 0 Å². The summed E-state index contributed by atoms with van der Waals surface area (Å²) in [5.74, 6) is 0.847. The van der Waals surface area contributed by atoms with Crippen LogP contribution in [0.2, 0.25) is 0 Å². The van der Waals surface area contributed by atoms with Gasteiger partial charge in [0, 0.05) is 45.8 Å². The highest BCUT2D eigenvalue weighted by Gasteiger charge is 2.25. The van der Waals surface area contributed by atoms with Gasteiger partial charge >= 0.3 is 0 Å². The van der Waals surface area contributed by atoms with Gasteiger partial charge in [-0.2, -0.15) is 0 Å². The zero-order valence-electron chi connectivity index (χ0n) is 35.0. The average Bonchev–Trinajstić information content (AvgIpc) is 3.73. The van der Waals surface area contributed by atoms with E-state index in [1.807, 2.05) is 18.5 Å². The van der Waals surface area contributed by atoms with Crippen LogP contribution in [-0.4, -0.2) is 14.5 Å². The zero-order valence-corrected chi connectivity index (χ0v) is 35.0. The second-order valence-electron chi connectivity index (χ2n) is 15.8. The SMILES string of the molecule is c1ccc(-c2cc(-c3cc(-c4ccccc4)ccn3)cc(N(c3ccc4c(-c5ccccc5)c(-c5ccccc5)n(-c5ccccn5)c4c3)c3ccccc3-c3ccccc3)c2)cc1. The summed E-state index contributed by atoms with van der Waals surface area (Å²) in [5, 5.41) is 1.14. The minimum atomic E-state index is 0.847. The quantitative estimate of drug-likeness (QED) is 0.138. The van der Waals surface area contributed by atoms with Crippen LogP contribution in [0.25, 0.3) is 83.7 Å². The first kappa shape index (κ1) is 38.3. The van der Waals surface area contributed by atoms with Crippen LogP contribution < -0.4 is 4.90 Å². The molecule has 0 aliphatic carbocycles. The lowest BCUT2D eigenvalue weighted by atomic mass is 9.96. The highest BCUT2D eigenvalue weighted by molar-refractivity contribution is 6.07. The van der Waals surface area contributed by atoms with Crippen LogP contribution in [0.1, 0.15) is 0 Å². The van der Waals surface area contributed by atoms with Crippen molar-refractivity contribution in [3.05, 3.63) is 255 Å². The van der Waals surface area contributed by atoms with E-state index in [4.69, 9.17) is 9.97 Å². The van der Waals surface area contributed by atoms with Gasteiger partial charge < -0.3 is 4.90 Å². The van der Waals surface area contributed by atoms with Crippen LogP contribution in [0.15, 0.2) is 255 Å². The standard InChI is InChI=1S/C60H42N4/c1-6-20-43(21-7-1)48-35-37-61-55(41-48)50-38-49(44-22-8-2-9-23-44)39-52(40-50)63(56-31-17-16-30-53(56)45-24-10-3-11-25-45)51-33-34-54-57(42-51)64(58-32-18-19-36-62-58)60(47-28-14-5-15-29-47)59(54)46-26-12-4-13-27-46/h1-42H. The summed E-state index contributed by atoms with van der Waals surface area (Å²) in [4.78, 5) is 12.4. The fraction of sp³-hybridized carbons (Fsp3) is 0. The number of benzene rings is 8. The number of fused-ring (bicyclic) bond motifs is 1. The first-order valence-corrected chi connectivity index (χ1v) is 21.6. The molecule has 3 aromatic heterocycles. The van der Waals surface area contributed by atoms with Crippen LogP contribution in [0.3, 0.4) is 0 Å². The number of hydrogen-bond donors (Lipinski definition) is 0. The number of aromatic nitrogens is 3. The van der Waals surface area contributed by atoms with Gasteiger partial charge in [0.15, 0.2) is 0 Å². The third kappa shape index (κ3) is 7.33. The van der Waals surface area contributed by atoms with Crippen LogP contribution >= 0.6 is 0 Å². The highest BCUT2D eigenvalue weighted by Crippen LogP contribution is 2.48. The van der Waals surface area contributed by atoms with Gasteiger partial charge in [-0.3, -0.25) is 9.55 Å². The van der Waals surface area contributed by atoms with E-state index < -0.39 is 0 Å². The van der Waals surface area contributed by atoms with Gasteiger partial charge in [-0.05, 0) is 99.6 Å². The molecule has 8 aromatic carbocycles. The lowest BCUT2D eigenvalue weighted by molar-refractivity contribution is 1.05. The third-order valence-corrected chi connectivity index (χ3v) is 11.9. The van der Waals surface area contributed by atoms with Crippen molar-refractivity contribution in [2.45, 2.75) is 0 Å². The Hall–Kier alpha value is -8.60. The van der Waals surface area contributed by atoms with Crippen molar-refractivity contribution in [1.82, 2.24) is 14.5 Å². The molecule has 0 atom stereocenters. The van der Waals surface area contributed by atoms with Gasteiger partial charge in [-0.15, -0.1) is 0 Å². The minimum absolute atomic E-state index is 0.847. The molecule has 0 fully saturated rings. The Labute approximate surface area is 373 Å². The molecule has 0 N–H and O–H groups in total. The van der Waals surface area contributed by atoms with Gasteiger partial charge in [-0.25, -0.2) is 4.98 Å². The molecule has 0 radical (unpaired) electrons. The van der Waals surface area contributed by atoms with E-state index >= 15 is 0 Å². The van der Waals surface area contributed by atoms with Crippen molar-refractivity contribution in [1.29, 1.82) is 0 Å². The van der Waals surface area contributed by atoms with Crippen molar-refractivity contribution < 1.29 is 0 Å². The minimum Gasteiger partial charge on any atom is -0.310 e. The summed E-state index contributed by atoms with van der Waals surface area (Å²) in [6.07, 6.45) is 3.80. The van der Waals surface area contributed by atoms with Crippen molar-refractivity contribution in [2.75, 3.05) is 4.90 Å². The molecule has 0 unspecified atom stereocenters. The molecule has 4 heteroatoms. The molecule has 0 amide bonds. The Morgan fingerprint density at radius 3 is 1.59 bits per heavy atom. The number of nitrogens with zero attached hydrogens (tertiary/aromatic N) is 4. The largest absolute Gasteiger partial charge is 0.310 e. The van der Waals surface area contributed by atoms with Crippen molar-refractivity contribution in [2.24, 2.45) is 0 Å². The lowest BCUT2D eigenvalue weighted by Gasteiger charge is -2.29. The summed E-state index contributed by atoms with van der Waals surface area (Å²) in [6, 6.07) is 86.2. The summed E-state index contributed by atoms with van der Waals surface area (Å²) in [7, 11) is 0. The van der Waals surface area contributed by atoms with Crippen LogP contribution in [0.4, 0.5) is 17.1 Å². The Kier molecular flexibility index (Phi) is 10.2. The fourth-order valence-corrected chi connectivity index (χ4v) is 8.95. The number of pyridine rings is 2. The second kappa shape index (κ2) is 17.0. The van der Waals surface area contributed by atoms with Gasteiger partial charge in [0.1, 0.15) is 5.82 Å². The van der Waals surface area contributed by atoms with Gasteiger partial charge in [0.05, 0.1) is 22.6 Å². The highest BCUT2D eigenvalue weighted by atomic mass is 15.2. The monoisotopic (exact) mass is 818 g/mol. The number of anilines is 3. The Bertz CT molecular complexity index is 3350. The van der Waals surface area contributed by atoms with E-state index in [1.165, 1.54) is 0 Å². The van der Waals surface area contributed by atoms with Crippen molar-refractivity contribution >= 4 is 28.0 Å². The summed E-state index contributed by atoms with van der Waals surface area (Å²) in [6.45, 7) is 0. The summed E-state index contributed by atoms with van der Waals surface area (Å²) >= 11 is 0. The summed E-state index contributed by atoms with van der Waals surface area (Å²) < 4.78 is 2.34. The predicted octanol–water partition coefficient (Wildman–Crippen LogP) is 15.9. The molecule has 11 rings (SSSR count). The van der Waals surface area contributed by atoms with Crippen molar-refractivity contribution in [3.63, 3.8) is 0 Å². The molecule has 4 nitrogen and oxygen atoms in total. The van der Waals surface area contributed by atoms with E-state index in [0.717, 1.165) is 101 Å². The average molecular weight is 819 g/mol.